The lowest BCUT2D eigenvalue weighted by Gasteiger charge is -2.12. The van der Waals surface area contributed by atoms with Crippen molar-refractivity contribution >= 4 is 43.4 Å². The Kier molecular flexibility index (Phi) is 4.87. The van der Waals surface area contributed by atoms with Crippen LogP contribution in [0.25, 0.3) is 21.7 Å². The summed E-state index contributed by atoms with van der Waals surface area (Å²) in [6.07, 6.45) is 0. The highest BCUT2D eigenvalue weighted by molar-refractivity contribution is 7.92. The summed E-state index contributed by atoms with van der Waals surface area (Å²) in [6.45, 7) is 3.89. The first kappa shape index (κ1) is 19.8. The Morgan fingerprint density at radius 1 is 1.07 bits per heavy atom. The highest BCUT2D eigenvalue weighted by atomic mass is 32.2. The summed E-state index contributed by atoms with van der Waals surface area (Å²) >= 11 is 0. The van der Waals surface area contributed by atoms with Crippen LogP contribution < -0.4 is 9.46 Å². The van der Waals surface area contributed by atoms with Crippen molar-refractivity contribution in [2.75, 3.05) is 11.3 Å². The standard InChI is InChI=1S/C22H19NO6S/c1-3-28-14-8-10-15(11-9-14)30(26,27)23-19-12-18-20(22(24)25)13(2)29-21(18)17-7-5-4-6-16(17)19/h4-12,23H,3H2,1-2H3,(H,24,25). The second kappa shape index (κ2) is 7.38. The number of carboxylic acid groups (broad SMARTS) is 1. The van der Waals surface area contributed by atoms with Crippen LogP contribution in [0.2, 0.25) is 0 Å². The zero-order chi connectivity index (χ0) is 21.5. The molecule has 0 unspecified atom stereocenters. The van der Waals surface area contributed by atoms with Crippen LogP contribution in [-0.4, -0.2) is 26.1 Å². The Balaban J connectivity index is 1.87. The van der Waals surface area contributed by atoms with Gasteiger partial charge in [-0.1, -0.05) is 24.3 Å². The number of hydrogen-bond donors (Lipinski definition) is 2. The van der Waals surface area contributed by atoms with Crippen LogP contribution in [0.3, 0.4) is 0 Å². The van der Waals surface area contributed by atoms with Gasteiger partial charge in [0.2, 0.25) is 0 Å². The third-order valence-electron chi connectivity index (χ3n) is 4.77. The molecule has 0 atom stereocenters. The van der Waals surface area contributed by atoms with Crippen molar-refractivity contribution < 1.29 is 27.5 Å². The first-order valence-corrected chi connectivity index (χ1v) is 10.7. The minimum Gasteiger partial charge on any atom is -0.494 e. The molecule has 0 bridgehead atoms. The van der Waals surface area contributed by atoms with E-state index in [2.05, 4.69) is 4.72 Å². The van der Waals surface area contributed by atoms with Crippen LogP contribution in [0.1, 0.15) is 23.0 Å². The zero-order valence-corrected chi connectivity index (χ0v) is 17.1. The van der Waals surface area contributed by atoms with Crippen molar-refractivity contribution in [1.82, 2.24) is 0 Å². The van der Waals surface area contributed by atoms with Gasteiger partial charge in [-0.3, -0.25) is 4.72 Å². The molecule has 1 heterocycles. The quantitative estimate of drug-likeness (QED) is 0.460. The summed E-state index contributed by atoms with van der Waals surface area (Å²) in [6, 6.07) is 14.7. The SMILES string of the molecule is CCOc1ccc(S(=O)(=O)Nc2cc3c(C(=O)O)c(C)oc3c3ccccc23)cc1. The number of fused-ring (bicyclic) bond motifs is 3. The maximum Gasteiger partial charge on any atom is 0.339 e. The molecule has 154 valence electrons. The van der Waals surface area contributed by atoms with Gasteiger partial charge in [0.15, 0.2) is 0 Å². The van der Waals surface area contributed by atoms with Crippen molar-refractivity contribution in [3.8, 4) is 5.75 Å². The molecule has 3 aromatic carbocycles. The number of carbonyl (C=O) groups is 1. The topological polar surface area (TPSA) is 106 Å². The maximum absolute atomic E-state index is 13.0. The van der Waals surface area contributed by atoms with Gasteiger partial charge in [0.1, 0.15) is 22.7 Å². The molecule has 0 saturated heterocycles. The normalized spacial score (nSPS) is 11.7. The van der Waals surface area contributed by atoms with Crippen molar-refractivity contribution in [2.24, 2.45) is 0 Å². The Bertz CT molecular complexity index is 1370. The van der Waals surface area contributed by atoms with Crippen molar-refractivity contribution in [3.05, 3.63) is 65.9 Å². The molecule has 1 aromatic heterocycles. The number of furan rings is 1. The molecule has 0 aliphatic heterocycles. The number of sulfonamides is 1. The van der Waals surface area contributed by atoms with Crippen LogP contribution in [0.15, 0.2) is 63.9 Å². The molecule has 0 amide bonds. The van der Waals surface area contributed by atoms with E-state index in [4.69, 9.17) is 9.15 Å². The lowest BCUT2D eigenvalue weighted by atomic mass is 10.0. The van der Waals surface area contributed by atoms with E-state index < -0.39 is 16.0 Å². The Morgan fingerprint density at radius 2 is 1.73 bits per heavy atom. The van der Waals surface area contributed by atoms with Crippen LogP contribution in [-0.2, 0) is 10.0 Å². The molecule has 0 spiro atoms. The Hall–Kier alpha value is -3.52. The van der Waals surface area contributed by atoms with Gasteiger partial charge in [-0.25, -0.2) is 13.2 Å². The van der Waals surface area contributed by atoms with E-state index in [1.165, 1.54) is 18.2 Å². The number of carboxylic acids is 1. The molecule has 8 heteroatoms. The van der Waals surface area contributed by atoms with E-state index in [1.807, 2.05) is 6.92 Å². The first-order valence-electron chi connectivity index (χ1n) is 9.25. The number of rotatable bonds is 6. The van der Waals surface area contributed by atoms with Crippen molar-refractivity contribution in [2.45, 2.75) is 18.7 Å². The summed E-state index contributed by atoms with van der Waals surface area (Å²) in [5, 5.41) is 11.1. The van der Waals surface area contributed by atoms with Gasteiger partial charge in [-0.2, -0.15) is 0 Å². The average Bonchev–Trinajstić information content (AvgIpc) is 3.05. The van der Waals surface area contributed by atoms with E-state index in [9.17, 15) is 18.3 Å². The third kappa shape index (κ3) is 3.35. The lowest BCUT2D eigenvalue weighted by Crippen LogP contribution is -2.13. The number of benzene rings is 3. The number of anilines is 1. The van der Waals surface area contributed by atoms with Gasteiger partial charge in [-0.05, 0) is 44.2 Å². The van der Waals surface area contributed by atoms with Crippen LogP contribution >= 0.6 is 0 Å². The number of hydrogen-bond acceptors (Lipinski definition) is 5. The van der Waals surface area contributed by atoms with Crippen LogP contribution in [0.4, 0.5) is 5.69 Å². The van der Waals surface area contributed by atoms with Crippen molar-refractivity contribution in [1.29, 1.82) is 0 Å². The predicted molar refractivity (Wildman–Crippen MR) is 114 cm³/mol. The zero-order valence-electron chi connectivity index (χ0n) is 16.3. The fraction of sp³-hybridized carbons (Fsp3) is 0.136. The predicted octanol–water partition coefficient (Wildman–Crippen LogP) is 4.79. The van der Waals surface area contributed by atoms with Crippen LogP contribution in [0.5, 0.6) is 5.75 Å². The molecule has 4 aromatic rings. The molecule has 0 radical (unpaired) electrons. The summed E-state index contributed by atoms with van der Waals surface area (Å²) in [5.74, 6) is -0.306. The molecule has 7 nitrogen and oxygen atoms in total. The highest BCUT2D eigenvalue weighted by Crippen LogP contribution is 2.37. The second-order valence-corrected chi connectivity index (χ2v) is 8.38. The summed E-state index contributed by atoms with van der Waals surface area (Å²) in [5.41, 5.74) is 0.692. The number of aromatic carboxylic acids is 1. The molecule has 4 rings (SSSR count). The van der Waals surface area contributed by atoms with Gasteiger partial charge >= 0.3 is 5.97 Å². The van der Waals surface area contributed by atoms with E-state index in [0.29, 0.717) is 34.1 Å². The lowest BCUT2D eigenvalue weighted by molar-refractivity contribution is 0.0697. The molecule has 30 heavy (non-hydrogen) atoms. The minimum atomic E-state index is -3.92. The van der Waals surface area contributed by atoms with E-state index in [0.717, 1.165) is 0 Å². The summed E-state index contributed by atoms with van der Waals surface area (Å²) in [4.78, 5) is 11.8. The van der Waals surface area contributed by atoms with Gasteiger partial charge in [0.25, 0.3) is 10.0 Å². The van der Waals surface area contributed by atoms with Gasteiger partial charge < -0.3 is 14.3 Å². The number of ether oxygens (including phenoxy) is 1. The second-order valence-electron chi connectivity index (χ2n) is 6.69. The van der Waals surface area contributed by atoms with Crippen LogP contribution in [0, 0.1) is 6.92 Å². The third-order valence-corrected chi connectivity index (χ3v) is 6.16. The molecule has 0 aliphatic carbocycles. The molecule has 0 saturated carbocycles. The van der Waals surface area contributed by atoms with E-state index in [1.54, 1.807) is 43.3 Å². The largest absolute Gasteiger partial charge is 0.494 e. The number of aryl methyl sites for hydroxylation is 1. The fourth-order valence-corrected chi connectivity index (χ4v) is 4.54. The van der Waals surface area contributed by atoms with Gasteiger partial charge in [0.05, 0.1) is 17.2 Å². The highest BCUT2D eigenvalue weighted by Gasteiger charge is 2.23. The monoisotopic (exact) mass is 425 g/mol. The Labute approximate surface area is 172 Å². The van der Waals surface area contributed by atoms with E-state index >= 15 is 0 Å². The molecule has 2 N–H and O–H groups in total. The molecule has 0 aliphatic rings. The number of nitrogens with one attached hydrogen (secondary N) is 1. The minimum absolute atomic E-state index is 0.0114. The molecule has 0 fully saturated rings. The van der Waals surface area contributed by atoms with E-state index in [-0.39, 0.29) is 21.9 Å². The fourth-order valence-electron chi connectivity index (χ4n) is 3.47. The van der Waals surface area contributed by atoms with Crippen molar-refractivity contribution in [3.63, 3.8) is 0 Å². The summed E-state index contributed by atoms with van der Waals surface area (Å²) < 4.78 is 39.6. The Morgan fingerprint density at radius 3 is 2.37 bits per heavy atom. The van der Waals surface area contributed by atoms with Gasteiger partial charge in [-0.15, -0.1) is 0 Å². The summed E-state index contributed by atoms with van der Waals surface area (Å²) in [7, 11) is -3.92. The molecular weight excluding hydrogens is 406 g/mol. The smallest absolute Gasteiger partial charge is 0.339 e. The molecular formula is C22H19NO6S. The maximum atomic E-state index is 13.0. The average molecular weight is 425 g/mol. The van der Waals surface area contributed by atoms with Gasteiger partial charge in [0, 0.05) is 16.2 Å². The first-order chi connectivity index (χ1) is 14.3.